The molecule has 18 heavy (non-hydrogen) atoms. The van der Waals surface area contributed by atoms with Crippen LogP contribution in [0.25, 0.3) is 0 Å². The van der Waals surface area contributed by atoms with Crippen LogP contribution in [0.5, 0.6) is 0 Å². The summed E-state index contributed by atoms with van der Waals surface area (Å²) >= 11 is 3.34. The van der Waals surface area contributed by atoms with Gasteiger partial charge in [0.1, 0.15) is 0 Å². The lowest BCUT2D eigenvalue weighted by Gasteiger charge is -2.09. The maximum absolute atomic E-state index is 11.5. The molecule has 98 valence electrons. The molecule has 0 aliphatic rings. The number of hydrogen-bond donors (Lipinski definition) is 1. The van der Waals surface area contributed by atoms with Crippen molar-refractivity contribution in [2.45, 2.75) is 13.3 Å². The highest BCUT2D eigenvalue weighted by Gasteiger charge is 2.09. The Labute approximate surface area is 116 Å². The second-order valence-corrected chi connectivity index (χ2v) is 7.04. The zero-order valence-electron chi connectivity index (χ0n) is 10.1. The number of nitriles is 1. The Balaban J connectivity index is 2.58. The topological polar surface area (TPSA) is 70.0 Å². The number of rotatable bonds is 6. The summed E-state index contributed by atoms with van der Waals surface area (Å²) in [6, 6.07) is 7.18. The van der Waals surface area contributed by atoms with E-state index < -0.39 is 9.84 Å². The quantitative estimate of drug-likeness (QED) is 0.870. The van der Waals surface area contributed by atoms with Gasteiger partial charge in [-0.2, -0.15) is 5.26 Å². The molecule has 0 aliphatic carbocycles. The van der Waals surface area contributed by atoms with Crippen LogP contribution >= 0.6 is 15.9 Å². The molecular weight excluding hydrogens is 316 g/mol. The van der Waals surface area contributed by atoms with Gasteiger partial charge in [-0.1, -0.05) is 6.92 Å². The average molecular weight is 331 g/mol. The number of nitrogens with one attached hydrogen (secondary N) is 1. The molecule has 1 N–H and O–H groups in total. The fourth-order valence-corrected chi connectivity index (χ4v) is 3.24. The van der Waals surface area contributed by atoms with Crippen molar-refractivity contribution in [1.29, 1.82) is 5.26 Å². The molecule has 0 amide bonds. The van der Waals surface area contributed by atoms with Crippen LogP contribution in [0.4, 0.5) is 5.69 Å². The number of hydrogen-bond acceptors (Lipinski definition) is 4. The van der Waals surface area contributed by atoms with Gasteiger partial charge in [-0.05, 0) is 40.5 Å². The number of nitrogens with zero attached hydrogens (tertiary/aromatic N) is 1. The Hall–Kier alpha value is -1.06. The first-order chi connectivity index (χ1) is 8.48. The van der Waals surface area contributed by atoms with E-state index in [1.807, 2.05) is 13.0 Å². The van der Waals surface area contributed by atoms with Crippen LogP contribution in [0, 0.1) is 11.3 Å². The molecule has 0 saturated carbocycles. The summed E-state index contributed by atoms with van der Waals surface area (Å²) in [6.45, 7) is 2.22. The minimum absolute atomic E-state index is 0.118. The molecule has 0 spiro atoms. The van der Waals surface area contributed by atoms with E-state index >= 15 is 0 Å². The summed E-state index contributed by atoms with van der Waals surface area (Å²) in [5, 5.41) is 11.8. The third-order valence-corrected chi connectivity index (χ3v) is 4.85. The number of sulfone groups is 1. The molecule has 0 bridgehead atoms. The lowest BCUT2D eigenvalue weighted by atomic mass is 10.2. The molecule has 1 aromatic rings. The fourth-order valence-electron chi connectivity index (χ4n) is 1.48. The van der Waals surface area contributed by atoms with Crippen LogP contribution in [0.2, 0.25) is 0 Å². The van der Waals surface area contributed by atoms with E-state index in [-0.39, 0.29) is 11.5 Å². The zero-order valence-corrected chi connectivity index (χ0v) is 12.5. The predicted octanol–water partition coefficient (Wildman–Crippen LogP) is 2.56. The molecule has 0 radical (unpaired) electrons. The van der Waals surface area contributed by atoms with Crippen LogP contribution in [0.1, 0.15) is 18.9 Å². The summed E-state index contributed by atoms with van der Waals surface area (Å²) < 4.78 is 23.8. The van der Waals surface area contributed by atoms with Crippen molar-refractivity contribution in [3.63, 3.8) is 0 Å². The lowest BCUT2D eigenvalue weighted by Crippen LogP contribution is -2.18. The largest absolute Gasteiger partial charge is 0.383 e. The van der Waals surface area contributed by atoms with Gasteiger partial charge in [0.2, 0.25) is 0 Å². The summed E-state index contributed by atoms with van der Waals surface area (Å²) in [5.41, 5.74) is 1.35. The van der Waals surface area contributed by atoms with Gasteiger partial charge in [0.15, 0.2) is 9.84 Å². The van der Waals surface area contributed by atoms with Crippen LogP contribution < -0.4 is 5.32 Å². The van der Waals surface area contributed by atoms with Crippen molar-refractivity contribution < 1.29 is 8.42 Å². The molecule has 6 heteroatoms. The van der Waals surface area contributed by atoms with Crippen LogP contribution in [0.3, 0.4) is 0 Å². The first-order valence-corrected chi connectivity index (χ1v) is 8.24. The zero-order chi connectivity index (χ0) is 13.6. The third kappa shape index (κ3) is 4.67. The van der Waals surface area contributed by atoms with E-state index in [2.05, 4.69) is 21.2 Å². The van der Waals surface area contributed by atoms with E-state index in [9.17, 15) is 8.42 Å². The maximum atomic E-state index is 11.5. The van der Waals surface area contributed by atoms with Crippen molar-refractivity contribution in [2.75, 3.05) is 23.4 Å². The van der Waals surface area contributed by atoms with Gasteiger partial charge in [0, 0.05) is 22.5 Å². The highest BCUT2D eigenvalue weighted by molar-refractivity contribution is 9.10. The van der Waals surface area contributed by atoms with Crippen LogP contribution in [0.15, 0.2) is 22.7 Å². The van der Waals surface area contributed by atoms with E-state index in [1.54, 1.807) is 18.2 Å². The second-order valence-electron chi connectivity index (χ2n) is 3.89. The maximum Gasteiger partial charge on any atom is 0.152 e. The Morgan fingerprint density at radius 2 is 2.11 bits per heavy atom. The molecule has 4 nitrogen and oxygen atoms in total. The molecule has 0 aliphatic heterocycles. The average Bonchev–Trinajstić information content (AvgIpc) is 2.31. The first-order valence-electron chi connectivity index (χ1n) is 5.62. The van der Waals surface area contributed by atoms with Gasteiger partial charge < -0.3 is 5.32 Å². The number of anilines is 1. The van der Waals surface area contributed by atoms with Gasteiger partial charge >= 0.3 is 0 Å². The monoisotopic (exact) mass is 330 g/mol. The molecule has 1 rings (SSSR count). The minimum Gasteiger partial charge on any atom is -0.383 e. The third-order valence-electron chi connectivity index (χ3n) is 2.34. The van der Waals surface area contributed by atoms with Gasteiger partial charge in [-0.25, -0.2) is 8.42 Å². The van der Waals surface area contributed by atoms with Crippen molar-refractivity contribution in [2.24, 2.45) is 0 Å². The van der Waals surface area contributed by atoms with Crippen molar-refractivity contribution in [3.05, 3.63) is 28.2 Å². The Morgan fingerprint density at radius 3 is 2.67 bits per heavy atom. The van der Waals surface area contributed by atoms with E-state index in [0.717, 1.165) is 10.2 Å². The van der Waals surface area contributed by atoms with Crippen molar-refractivity contribution >= 4 is 31.5 Å². The normalized spacial score (nSPS) is 10.9. The van der Waals surface area contributed by atoms with Crippen LogP contribution in [-0.2, 0) is 9.84 Å². The van der Waals surface area contributed by atoms with Gasteiger partial charge in [0.25, 0.3) is 0 Å². The summed E-state index contributed by atoms with van der Waals surface area (Å²) in [7, 11) is -2.96. The molecule has 0 unspecified atom stereocenters. The number of halogens is 1. The van der Waals surface area contributed by atoms with E-state index in [0.29, 0.717) is 18.5 Å². The molecule has 0 saturated heterocycles. The molecule has 1 aromatic carbocycles. The van der Waals surface area contributed by atoms with E-state index in [1.165, 1.54) is 0 Å². The molecular formula is C12H15BrN2O2S. The Morgan fingerprint density at radius 1 is 1.39 bits per heavy atom. The summed E-state index contributed by atoms with van der Waals surface area (Å²) in [4.78, 5) is 0. The van der Waals surface area contributed by atoms with Crippen LogP contribution in [-0.4, -0.2) is 26.5 Å². The smallest absolute Gasteiger partial charge is 0.152 e. The highest BCUT2D eigenvalue weighted by atomic mass is 79.9. The SMILES string of the molecule is CCCS(=O)(=O)CCNc1ccc(C#N)cc1Br. The number of benzene rings is 1. The molecule has 0 atom stereocenters. The summed E-state index contributed by atoms with van der Waals surface area (Å²) in [6.07, 6.45) is 0.642. The van der Waals surface area contributed by atoms with Gasteiger partial charge in [-0.3, -0.25) is 0 Å². The second kappa shape index (κ2) is 6.76. The standard InChI is InChI=1S/C12H15BrN2O2S/c1-2-6-18(16,17)7-5-15-12-4-3-10(9-14)8-11(12)13/h3-4,8,15H,2,5-7H2,1H3. The van der Waals surface area contributed by atoms with Crippen molar-refractivity contribution in [1.82, 2.24) is 0 Å². The van der Waals surface area contributed by atoms with Crippen molar-refractivity contribution in [3.8, 4) is 6.07 Å². The highest BCUT2D eigenvalue weighted by Crippen LogP contribution is 2.23. The first kappa shape index (κ1) is 15.0. The predicted molar refractivity (Wildman–Crippen MR) is 76.3 cm³/mol. The van der Waals surface area contributed by atoms with Gasteiger partial charge in [-0.15, -0.1) is 0 Å². The van der Waals surface area contributed by atoms with Gasteiger partial charge in [0.05, 0.1) is 17.4 Å². The summed E-state index contributed by atoms with van der Waals surface area (Å²) in [5.74, 6) is 0.344. The minimum atomic E-state index is -2.96. The Bertz CT molecular complexity index is 550. The van der Waals surface area contributed by atoms with E-state index in [4.69, 9.17) is 5.26 Å². The molecule has 0 fully saturated rings. The fraction of sp³-hybridized carbons (Fsp3) is 0.417. The lowest BCUT2D eigenvalue weighted by molar-refractivity contribution is 0.595. The molecule has 0 aromatic heterocycles. The molecule has 0 heterocycles. The Kier molecular flexibility index (Phi) is 5.63.